The number of ether oxygens (including phenoxy) is 4. The second kappa shape index (κ2) is 10.1. The lowest BCUT2D eigenvalue weighted by Crippen LogP contribution is -2.52. The van der Waals surface area contributed by atoms with Gasteiger partial charge in [-0.15, -0.1) is 0 Å². The lowest BCUT2D eigenvalue weighted by atomic mass is 10.0. The van der Waals surface area contributed by atoms with Gasteiger partial charge in [-0.05, 0) is 30.2 Å². The van der Waals surface area contributed by atoms with E-state index in [-0.39, 0.29) is 36.5 Å². The normalized spacial score (nSPS) is 19.2. The zero-order valence-electron chi connectivity index (χ0n) is 21.1. The average Bonchev–Trinajstić information content (AvgIpc) is 3.62. The maximum absolute atomic E-state index is 13.5. The minimum Gasteiger partial charge on any atom is -0.493 e. The van der Waals surface area contributed by atoms with Gasteiger partial charge in [0, 0.05) is 35.5 Å². The van der Waals surface area contributed by atoms with Crippen molar-refractivity contribution in [2.45, 2.75) is 37.6 Å². The Hall–Kier alpha value is -4.54. The Morgan fingerprint density at radius 1 is 1.13 bits per heavy atom. The van der Waals surface area contributed by atoms with Crippen molar-refractivity contribution in [3.05, 3.63) is 59.3 Å². The number of nitrogens with zero attached hydrogens (tertiary/aromatic N) is 1. The highest BCUT2D eigenvalue weighted by atomic mass is 16.6. The standard InChI is InChI=1S/C27H27N3O8/c1-35-20-10-8-16-22(23(20)36-2)27(34)38-25(16)30-19(9-11-21(30)31)24(32)29-18(26(33)37-3)12-14-13-28-17-7-5-4-6-15(14)17/h4-8,10,13,18-19,25,28H,9,11-12H2,1-3H3,(H,29,32)/t18-,19+,25?/m1/s1. The molecule has 3 aromatic rings. The monoisotopic (exact) mass is 521 g/mol. The number of rotatable bonds is 8. The number of esters is 2. The number of fused-ring (bicyclic) bond motifs is 2. The Balaban J connectivity index is 1.41. The number of benzene rings is 2. The highest BCUT2D eigenvalue weighted by molar-refractivity contribution is 5.99. The van der Waals surface area contributed by atoms with Crippen molar-refractivity contribution in [3.63, 3.8) is 0 Å². The smallest absolute Gasteiger partial charge is 0.344 e. The topological polar surface area (TPSA) is 136 Å². The van der Waals surface area contributed by atoms with E-state index in [1.165, 1.54) is 26.2 Å². The van der Waals surface area contributed by atoms with Crippen LogP contribution in [0.2, 0.25) is 0 Å². The first kappa shape index (κ1) is 25.1. The highest BCUT2D eigenvalue weighted by Crippen LogP contribution is 2.45. The maximum atomic E-state index is 13.5. The van der Waals surface area contributed by atoms with Gasteiger partial charge < -0.3 is 29.2 Å². The van der Waals surface area contributed by atoms with E-state index in [0.29, 0.717) is 11.3 Å². The third-order valence-corrected chi connectivity index (χ3v) is 6.98. The first-order valence-corrected chi connectivity index (χ1v) is 12.1. The van der Waals surface area contributed by atoms with Gasteiger partial charge in [0.2, 0.25) is 18.0 Å². The van der Waals surface area contributed by atoms with E-state index < -0.39 is 36.2 Å². The number of hydrogen-bond acceptors (Lipinski definition) is 8. The second-order valence-electron chi connectivity index (χ2n) is 9.03. The molecule has 2 aliphatic heterocycles. The summed E-state index contributed by atoms with van der Waals surface area (Å²) in [6.07, 6.45) is 1.13. The third-order valence-electron chi connectivity index (χ3n) is 6.98. The summed E-state index contributed by atoms with van der Waals surface area (Å²) in [6.45, 7) is 0. The average molecular weight is 522 g/mol. The first-order valence-electron chi connectivity index (χ1n) is 12.1. The highest BCUT2D eigenvalue weighted by Gasteiger charge is 2.48. The molecule has 5 rings (SSSR count). The molecule has 1 fully saturated rings. The van der Waals surface area contributed by atoms with Crippen molar-refractivity contribution in [2.75, 3.05) is 21.3 Å². The van der Waals surface area contributed by atoms with Crippen LogP contribution in [-0.2, 0) is 30.3 Å². The van der Waals surface area contributed by atoms with Crippen LogP contribution in [0.15, 0.2) is 42.6 Å². The van der Waals surface area contributed by atoms with E-state index in [1.54, 1.807) is 18.3 Å². The summed E-state index contributed by atoms with van der Waals surface area (Å²) in [4.78, 5) is 56.3. The van der Waals surface area contributed by atoms with Gasteiger partial charge in [0.15, 0.2) is 11.5 Å². The Morgan fingerprint density at radius 3 is 2.66 bits per heavy atom. The first-order chi connectivity index (χ1) is 18.4. The fourth-order valence-corrected chi connectivity index (χ4v) is 5.17. The number of aromatic nitrogens is 1. The summed E-state index contributed by atoms with van der Waals surface area (Å²) in [5.41, 5.74) is 2.26. The number of carbonyl (C=O) groups is 4. The molecule has 38 heavy (non-hydrogen) atoms. The lowest BCUT2D eigenvalue weighted by molar-refractivity contribution is -0.149. The van der Waals surface area contributed by atoms with Crippen LogP contribution in [0.3, 0.4) is 0 Å². The molecule has 1 aromatic heterocycles. The van der Waals surface area contributed by atoms with Crippen molar-refractivity contribution < 1.29 is 38.1 Å². The summed E-state index contributed by atoms with van der Waals surface area (Å²) >= 11 is 0. The largest absolute Gasteiger partial charge is 0.493 e. The van der Waals surface area contributed by atoms with Crippen molar-refractivity contribution in [1.29, 1.82) is 0 Å². The zero-order chi connectivity index (χ0) is 27.0. The molecule has 0 saturated carbocycles. The lowest BCUT2D eigenvalue weighted by Gasteiger charge is -2.30. The maximum Gasteiger partial charge on any atom is 0.344 e. The van der Waals surface area contributed by atoms with Crippen molar-refractivity contribution in [3.8, 4) is 11.5 Å². The van der Waals surface area contributed by atoms with Crippen LogP contribution in [0.25, 0.3) is 10.9 Å². The van der Waals surface area contributed by atoms with E-state index in [1.807, 2.05) is 24.3 Å². The number of nitrogens with one attached hydrogen (secondary N) is 2. The molecule has 2 amide bonds. The van der Waals surface area contributed by atoms with Gasteiger partial charge in [-0.1, -0.05) is 18.2 Å². The quantitative estimate of drug-likeness (QED) is 0.431. The zero-order valence-corrected chi connectivity index (χ0v) is 21.1. The van der Waals surface area contributed by atoms with Crippen LogP contribution in [0.4, 0.5) is 0 Å². The fourth-order valence-electron chi connectivity index (χ4n) is 5.17. The molecule has 11 heteroatoms. The van der Waals surface area contributed by atoms with Crippen LogP contribution in [0, 0.1) is 0 Å². The summed E-state index contributed by atoms with van der Waals surface area (Å²) in [6, 6.07) is 8.88. The van der Waals surface area contributed by atoms with E-state index in [2.05, 4.69) is 10.3 Å². The van der Waals surface area contributed by atoms with Gasteiger partial charge in [0.1, 0.15) is 17.6 Å². The number of cyclic esters (lactones) is 1. The van der Waals surface area contributed by atoms with Crippen LogP contribution in [0.1, 0.15) is 40.6 Å². The molecular formula is C27H27N3O8. The minimum atomic E-state index is -1.12. The number of likely N-dealkylation sites (tertiary alicyclic amines) is 1. The van der Waals surface area contributed by atoms with Crippen LogP contribution < -0.4 is 14.8 Å². The molecule has 198 valence electrons. The number of methoxy groups -OCH3 is 3. The van der Waals surface area contributed by atoms with Crippen LogP contribution in [-0.4, -0.2) is 67.0 Å². The molecule has 0 bridgehead atoms. The van der Waals surface area contributed by atoms with E-state index in [9.17, 15) is 19.2 Å². The van der Waals surface area contributed by atoms with E-state index >= 15 is 0 Å². The van der Waals surface area contributed by atoms with Gasteiger partial charge in [-0.3, -0.25) is 14.5 Å². The number of aromatic amines is 1. The minimum absolute atomic E-state index is 0.0834. The molecule has 1 unspecified atom stereocenters. The summed E-state index contributed by atoms with van der Waals surface area (Å²) in [7, 11) is 4.09. The number of amides is 2. The molecule has 0 aliphatic carbocycles. The summed E-state index contributed by atoms with van der Waals surface area (Å²) in [5.74, 6) is -1.67. The number of hydrogen-bond donors (Lipinski definition) is 2. The molecule has 0 spiro atoms. The van der Waals surface area contributed by atoms with Crippen molar-refractivity contribution in [1.82, 2.24) is 15.2 Å². The van der Waals surface area contributed by atoms with Gasteiger partial charge in [0.25, 0.3) is 0 Å². The van der Waals surface area contributed by atoms with Gasteiger partial charge >= 0.3 is 11.9 Å². The number of para-hydroxylation sites is 1. The summed E-state index contributed by atoms with van der Waals surface area (Å²) < 4.78 is 21.2. The molecule has 1 saturated heterocycles. The Labute approximate surface area is 218 Å². The molecule has 2 aliphatic rings. The molecule has 11 nitrogen and oxygen atoms in total. The molecule has 3 atom stereocenters. The molecule has 3 heterocycles. The van der Waals surface area contributed by atoms with E-state index in [0.717, 1.165) is 16.5 Å². The van der Waals surface area contributed by atoms with Gasteiger partial charge in [-0.2, -0.15) is 0 Å². The third kappa shape index (κ3) is 4.19. The molecule has 0 radical (unpaired) electrons. The molecular weight excluding hydrogens is 494 g/mol. The molecule has 2 N–H and O–H groups in total. The Bertz CT molecular complexity index is 1430. The number of carbonyl (C=O) groups excluding carboxylic acids is 4. The Morgan fingerprint density at radius 2 is 1.92 bits per heavy atom. The fraction of sp³-hybridized carbons (Fsp3) is 0.333. The second-order valence-corrected chi connectivity index (χ2v) is 9.03. The van der Waals surface area contributed by atoms with Gasteiger partial charge in [0.05, 0.1) is 21.3 Å². The van der Waals surface area contributed by atoms with Crippen LogP contribution in [0.5, 0.6) is 11.5 Å². The Kier molecular flexibility index (Phi) is 6.66. The van der Waals surface area contributed by atoms with Crippen molar-refractivity contribution >= 4 is 34.7 Å². The van der Waals surface area contributed by atoms with Gasteiger partial charge in [-0.25, -0.2) is 9.59 Å². The molecule has 2 aromatic carbocycles. The van der Waals surface area contributed by atoms with Crippen LogP contribution >= 0.6 is 0 Å². The summed E-state index contributed by atoms with van der Waals surface area (Å²) in [5, 5.41) is 3.68. The SMILES string of the molecule is COC(=O)[C@@H](Cc1c[nH]c2ccccc12)NC(=O)[C@@H]1CCC(=O)N1C1OC(=O)c2c1ccc(OC)c2OC. The van der Waals surface area contributed by atoms with Crippen molar-refractivity contribution in [2.24, 2.45) is 0 Å². The number of H-pyrrole nitrogens is 1. The predicted molar refractivity (Wildman–Crippen MR) is 134 cm³/mol. The predicted octanol–water partition coefficient (Wildman–Crippen LogP) is 2.25. The van der Waals surface area contributed by atoms with E-state index in [4.69, 9.17) is 18.9 Å².